The van der Waals surface area contributed by atoms with Gasteiger partial charge in [0.25, 0.3) is 11.2 Å². The number of halogens is 1. The Labute approximate surface area is 133 Å². The van der Waals surface area contributed by atoms with Gasteiger partial charge in [0, 0.05) is 0 Å². The molecule has 0 saturated heterocycles. The Morgan fingerprint density at radius 2 is 1.79 bits per heavy atom. The van der Waals surface area contributed by atoms with Crippen molar-refractivity contribution in [3.8, 4) is 5.69 Å². The molecule has 2 aromatic heterocycles. The van der Waals surface area contributed by atoms with Crippen LogP contribution >= 0.6 is 0 Å². The van der Waals surface area contributed by atoms with E-state index in [0.717, 1.165) is 0 Å². The summed E-state index contributed by atoms with van der Waals surface area (Å²) in [5.41, 5.74) is 0.449. The molecule has 0 amide bonds. The third-order valence-electron chi connectivity index (χ3n) is 3.84. The van der Waals surface area contributed by atoms with Crippen LogP contribution in [0.2, 0.25) is 0 Å². The van der Waals surface area contributed by atoms with Gasteiger partial charge in [0.1, 0.15) is 11.2 Å². The summed E-state index contributed by atoms with van der Waals surface area (Å²) in [6.45, 7) is 0. The zero-order valence-electron chi connectivity index (χ0n) is 12.1. The predicted octanol–water partition coefficient (Wildman–Crippen LogP) is 2.10. The van der Waals surface area contributed by atoms with E-state index in [9.17, 15) is 19.3 Å². The normalized spacial score (nSPS) is 11.2. The second kappa shape index (κ2) is 4.98. The summed E-state index contributed by atoms with van der Waals surface area (Å²) in [4.78, 5) is 23.4. The molecule has 0 aliphatic carbocycles. The maximum absolute atomic E-state index is 13.1. The highest BCUT2D eigenvalue weighted by Gasteiger charge is 2.25. The van der Waals surface area contributed by atoms with E-state index in [0.29, 0.717) is 16.6 Å². The maximum Gasteiger partial charge on any atom is 0.406 e. The number of benzene rings is 2. The van der Waals surface area contributed by atoms with Gasteiger partial charge in [0.15, 0.2) is 11.2 Å². The van der Waals surface area contributed by atoms with E-state index in [1.165, 1.54) is 39.5 Å². The van der Waals surface area contributed by atoms with Gasteiger partial charge in [0.05, 0.1) is 11.0 Å². The zero-order chi connectivity index (χ0) is 16.8. The molecule has 118 valence electrons. The lowest BCUT2D eigenvalue weighted by molar-refractivity contribution is -0.556. The molecule has 0 bridgehead atoms. The molecule has 0 aliphatic rings. The first-order chi connectivity index (χ1) is 11.6. The van der Waals surface area contributed by atoms with Gasteiger partial charge in [-0.25, -0.2) is 9.18 Å². The first kappa shape index (κ1) is 14.1. The summed E-state index contributed by atoms with van der Waals surface area (Å²) in [6.07, 6.45) is 0. The van der Waals surface area contributed by atoms with E-state index >= 15 is 0 Å². The predicted molar refractivity (Wildman–Crippen MR) is 83.7 cm³/mol. The highest BCUT2D eigenvalue weighted by molar-refractivity contribution is 5.87. The summed E-state index contributed by atoms with van der Waals surface area (Å²) in [7, 11) is 0. The lowest BCUT2D eigenvalue weighted by Gasteiger charge is -1.97. The molecular formula is C16H10FN4O3+. The third kappa shape index (κ3) is 1.97. The Bertz CT molecular complexity index is 1160. The fraction of sp³-hybridized carbons (Fsp3) is 0. The van der Waals surface area contributed by atoms with Gasteiger partial charge < -0.3 is 0 Å². The van der Waals surface area contributed by atoms with Crippen LogP contribution in [-0.4, -0.2) is 14.8 Å². The molecule has 1 N–H and O–H groups in total. The SMILES string of the molecule is O=c1c2cc([N+](=O)[O-])c3ccccc3[n+]2[nH]n1-c1ccc(F)cc1. The minimum absolute atomic E-state index is 0.129. The standard InChI is InChI=1S/C16H9FN4O3/c17-10-5-7-11(8-6-10)19-16(22)15-9-14(21(23)24)12-3-1-2-4-13(12)20(15)18-19/h1-9H/p+1. The van der Waals surface area contributed by atoms with Crippen molar-refractivity contribution >= 4 is 22.1 Å². The molecule has 0 saturated carbocycles. The summed E-state index contributed by atoms with van der Waals surface area (Å²) in [5, 5.41) is 14.6. The van der Waals surface area contributed by atoms with Crippen molar-refractivity contribution in [2.24, 2.45) is 0 Å². The van der Waals surface area contributed by atoms with Crippen LogP contribution in [0.5, 0.6) is 0 Å². The summed E-state index contributed by atoms with van der Waals surface area (Å²) >= 11 is 0. The average molecular weight is 325 g/mol. The minimum Gasteiger partial charge on any atom is -0.258 e. The van der Waals surface area contributed by atoms with Crippen molar-refractivity contribution in [3.05, 3.63) is 80.9 Å². The quantitative estimate of drug-likeness (QED) is 0.348. The summed E-state index contributed by atoms with van der Waals surface area (Å²) < 4.78 is 15.8. The monoisotopic (exact) mass is 325 g/mol. The third-order valence-corrected chi connectivity index (χ3v) is 3.84. The lowest BCUT2D eigenvalue weighted by atomic mass is 10.2. The van der Waals surface area contributed by atoms with Crippen LogP contribution in [0.4, 0.5) is 10.1 Å². The van der Waals surface area contributed by atoms with Crippen LogP contribution in [0.3, 0.4) is 0 Å². The smallest absolute Gasteiger partial charge is 0.258 e. The number of nitrogens with zero attached hydrogens (tertiary/aromatic N) is 3. The number of hydrogen-bond acceptors (Lipinski definition) is 3. The van der Waals surface area contributed by atoms with Crippen molar-refractivity contribution in [1.82, 2.24) is 9.90 Å². The van der Waals surface area contributed by atoms with Crippen molar-refractivity contribution in [2.45, 2.75) is 0 Å². The Hall–Kier alpha value is -3.55. The Kier molecular flexibility index (Phi) is 2.92. The lowest BCUT2D eigenvalue weighted by Crippen LogP contribution is -2.26. The van der Waals surface area contributed by atoms with Crippen LogP contribution in [-0.2, 0) is 0 Å². The maximum atomic E-state index is 13.1. The summed E-state index contributed by atoms with van der Waals surface area (Å²) in [6, 6.07) is 13.3. The van der Waals surface area contributed by atoms with Crippen molar-refractivity contribution in [3.63, 3.8) is 0 Å². The first-order valence-electron chi connectivity index (χ1n) is 7.05. The molecule has 2 heterocycles. The molecule has 4 aromatic rings. The van der Waals surface area contributed by atoms with Gasteiger partial charge >= 0.3 is 5.56 Å². The van der Waals surface area contributed by atoms with E-state index in [2.05, 4.69) is 5.21 Å². The Morgan fingerprint density at radius 3 is 2.50 bits per heavy atom. The van der Waals surface area contributed by atoms with Crippen LogP contribution in [0.15, 0.2) is 59.4 Å². The number of nitro groups is 1. The fourth-order valence-corrected chi connectivity index (χ4v) is 2.73. The molecule has 0 atom stereocenters. The molecule has 0 spiro atoms. The number of rotatable bonds is 2. The minimum atomic E-state index is -0.517. The van der Waals surface area contributed by atoms with Crippen molar-refractivity contribution in [1.29, 1.82) is 0 Å². The van der Waals surface area contributed by atoms with Crippen LogP contribution in [0.25, 0.3) is 22.1 Å². The largest absolute Gasteiger partial charge is 0.406 e. The Morgan fingerprint density at radius 1 is 1.08 bits per heavy atom. The molecule has 2 aromatic carbocycles. The van der Waals surface area contributed by atoms with Crippen LogP contribution in [0, 0.1) is 15.9 Å². The second-order valence-electron chi connectivity index (χ2n) is 5.24. The molecule has 4 rings (SSSR count). The van der Waals surface area contributed by atoms with Crippen LogP contribution < -0.4 is 10.1 Å². The van der Waals surface area contributed by atoms with Gasteiger partial charge in [-0.1, -0.05) is 22.0 Å². The summed E-state index contributed by atoms with van der Waals surface area (Å²) in [5.74, 6) is -0.420. The number of aromatic nitrogens is 3. The topological polar surface area (TPSA) is 85.0 Å². The number of nitrogens with one attached hydrogen (secondary N) is 1. The van der Waals surface area contributed by atoms with E-state index in [1.54, 1.807) is 24.3 Å². The van der Waals surface area contributed by atoms with Gasteiger partial charge in [0.2, 0.25) is 0 Å². The zero-order valence-corrected chi connectivity index (χ0v) is 12.1. The molecule has 0 fully saturated rings. The molecule has 0 aliphatic heterocycles. The molecule has 7 nitrogen and oxygen atoms in total. The van der Waals surface area contributed by atoms with Gasteiger partial charge in [-0.3, -0.25) is 10.1 Å². The number of H-pyrrole nitrogens is 1. The van der Waals surface area contributed by atoms with E-state index in [4.69, 9.17) is 0 Å². The first-order valence-corrected chi connectivity index (χ1v) is 7.05. The van der Waals surface area contributed by atoms with E-state index in [1.807, 2.05) is 0 Å². The van der Waals surface area contributed by atoms with Crippen LogP contribution in [0.1, 0.15) is 0 Å². The molecule has 0 unspecified atom stereocenters. The number of pyridine rings is 1. The van der Waals surface area contributed by atoms with Crippen molar-refractivity contribution in [2.75, 3.05) is 0 Å². The van der Waals surface area contributed by atoms with E-state index in [-0.39, 0.29) is 11.2 Å². The fourth-order valence-electron chi connectivity index (χ4n) is 2.73. The molecule has 24 heavy (non-hydrogen) atoms. The average Bonchev–Trinajstić information content (AvgIpc) is 2.92. The molecule has 8 heteroatoms. The number of fused-ring (bicyclic) bond motifs is 3. The molecule has 0 radical (unpaired) electrons. The number of hydrogen-bond donors (Lipinski definition) is 1. The van der Waals surface area contributed by atoms with Gasteiger partial charge in [-0.2, -0.15) is 0 Å². The van der Waals surface area contributed by atoms with E-state index < -0.39 is 16.3 Å². The molecular weight excluding hydrogens is 315 g/mol. The number of para-hydroxylation sites is 1. The van der Waals surface area contributed by atoms with Gasteiger partial charge in [-0.15, -0.1) is 4.52 Å². The highest BCUT2D eigenvalue weighted by Crippen LogP contribution is 2.23. The second-order valence-corrected chi connectivity index (χ2v) is 5.24. The highest BCUT2D eigenvalue weighted by atomic mass is 19.1. The van der Waals surface area contributed by atoms with Crippen molar-refractivity contribution < 1.29 is 13.8 Å². The van der Waals surface area contributed by atoms with Gasteiger partial charge in [-0.05, 0) is 36.4 Å². The number of aromatic amines is 1. The Balaban J connectivity index is 2.12.